The van der Waals surface area contributed by atoms with E-state index in [1.165, 1.54) is 6.07 Å². The molecule has 5 atom stereocenters. The lowest BCUT2D eigenvalue weighted by atomic mass is 9.98. The first-order chi connectivity index (χ1) is 16.4. The molecule has 1 saturated heterocycles. The number of ether oxygens (including phenoxy) is 6. The zero-order valence-electron chi connectivity index (χ0n) is 19.2. The Morgan fingerprint density at radius 3 is 2.03 bits per heavy atom. The van der Waals surface area contributed by atoms with Crippen LogP contribution in [0.2, 0.25) is 0 Å². The first-order valence-electron chi connectivity index (χ1n) is 10.1. The number of benzene rings is 1. The molecule has 0 saturated carbocycles. The summed E-state index contributed by atoms with van der Waals surface area (Å²) in [6.45, 7) is 3.76. The normalized spacial score (nSPS) is 23.4. The molecule has 14 nitrogen and oxygen atoms in total. The molecular weight excluding hydrogens is 474 g/mol. The summed E-state index contributed by atoms with van der Waals surface area (Å²) < 4.78 is 32.0. The van der Waals surface area contributed by atoms with Crippen molar-refractivity contribution in [2.75, 3.05) is 6.61 Å². The summed E-state index contributed by atoms with van der Waals surface area (Å²) >= 11 is 0. The number of carbonyl (C=O) groups is 5. The van der Waals surface area contributed by atoms with Gasteiger partial charge >= 0.3 is 29.6 Å². The van der Waals surface area contributed by atoms with Gasteiger partial charge in [-0.05, 0) is 12.1 Å². The van der Waals surface area contributed by atoms with Crippen molar-refractivity contribution in [2.45, 2.75) is 58.4 Å². The highest BCUT2D eigenvalue weighted by Gasteiger charge is 2.53. The zero-order valence-corrected chi connectivity index (χ0v) is 19.2. The van der Waals surface area contributed by atoms with E-state index in [4.69, 9.17) is 28.4 Å². The minimum Gasteiger partial charge on any atom is -0.463 e. The summed E-state index contributed by atoms with van der Waals surface area (Å²) in [4.78, 5) is 68.5. The Labute approximate surface area is 198 Å². The Bertz CT molecular complexity index is 1010. The topological polar surface area (TPSA) is 184 Å². The van der Waals surface area contributed by atoms with Gasteiger partial charge in [-0.15, -0.1) is 0 Å². The predicted octanol–water partition coefficient (Wildman–Crippen LogP) is 0.869. The summed E-state index contributed by atoms with van der Waals surface area (Å²) in [5, 5.41) is 11.5. The summed E-state index contributed by atoms with van der Waals surface area (Å²) in [5.74, 6) is -3.61. The van der Waals surface area contributed by atoms with Gasteiger partial charge in [0.1, 0.15) is 19.0 Å². The number of carbonyl (C=O) groups excluding carboxylic acids is 5. The molecule has 35 heavy (non-hydrogen) atoms. The van der Waals surface area contributed by atoms with E-state index < -0.39 is 71.8 Å². The van der Waals surface area contributed by atoms with Gasteiger partial charge in [-0.2, -0.15) is 0 Å². The molecule has 1 fully saturated rings. The second-order valence-corrected chi connectivity index (χ2v) is 7.29. The average molecular weight is 497 g/mol. The Hall–Kier alpha value is -4.07. The molecule has 0 spiro atoms. The van der Waals surface area contributed by atoms with E-state index in [9.17, 15) is 34.1 Å². The van der Waals surface area contributed by atoms with Crippen LogP contribution >= 0.6 is 0 Å². The van der Waals surface area contributed by atoms with E-state index in [2.05, 4.69) is 0 Å². The lowest BCUT2D eigenvalue weighted by Gasteiger charge is -2.43. The fourth-order valence-electron chi connectivity index (χ4n) is 3.26. The monoisotopic (exact) mass is 497 g/mol. The Balaban J connectivity index is 2.55. The van der Waals surface area contributed by atoms with Crippen molar-refractivity contribution in [2.24, 2.45) is 0 Å². The number of hydrogen-bond acceptors (Lipinski definition) is 13. The van der Waals surface area contributed by atoms with Crippen LogP contribution in [-0.4, -0.2) is 72.4 Å². The van der Waals surface area contributed by atoms with Crippen LogP contribution in [0.1, 0.15) is 38.1 Å². The number of rotatable bonds is 9. The van der Waals surface area contributed by atoms with Crippen LogP contribution in [0.25, 0.3) is 0 Å². The van der Waals surface area contributed by atoms with Crippen LogP contribution in [-0.2, 0) is 42.9 Å². The van der Waals surface area contributed by atoms with E-state index in [0.717, 1.165) is 39.8 Å². The number of aldehydes is 1. The van der Waals surface area contributed by atoms with Gasteiger partial charge in [-0.25, -0.2) is 0 Å². The van der Waals surface area contributed by atoms with Gasteiger partial charge in [0.05, 0.1) is 4.92 Å². The molecule has 2 rings (SSSR count). The zero-order chi connectivity index (χ0) is 26.3. The van der Waals surface area contributed by atoms with Crippen LogP contribution in [0.3, 0.4) is 0 Å². The fraction of sp³-hybridized carbons (Fsp3) is 0.476. The number of nitrogens with zero attached hydrogens (tertiary/aromatic N) is 1. The van der Waals surface area contributed by atoms with E-state index in [0.29, 0.717) is 6.29 Å². The number of hydrogen-bond donors (Lipinski definition) is 0. The Kier molecular flexibility index (Phi) is 9.22. The number of nitro groups is 1. The van der Waals surface area contributed by atoms with Gasteiger partial charge in [0.15, 0.2) is 18.0 Å². The predicted molar refractivity (Wildman–Crippen MR) is 111 cm³/mol. The average Bonchev–Trinajstić information content (AvgIpc) is 2.75. The van der Waals surface area contributed by atoms with Crippen LogP contribution in [0, 0.1) is 10.1 Å². The van der Waals surface area contributed by atoms with Crippen LogP contribution in [0.15, 0.2) is 18.2 Å². The molecule has 1 aliphatic heterocycles. The molecular formula is C21H23NO13. The second kappa shape index (κ2) is 11.9. The molecule has 1 aliphatic rings. The summed E-state index contributed by atoms with van der Waals surface area (Å²) in [5.41, 5.74) is -0.618. The van der Waals surface area contributed by atoms with Crippen molar-refractivity contribution in [3.8, 4) is 5.75 Å². The van der Waals surface area contributed by atoms with Crippen LogP contribution in [0.4, 0.5) is 5.69 Å². The van der Waals surface area contributed by atoms with Crippen molar-refractivity contribution < 1.29 is 57.3 Å². The third-order valence-corrected chi connectivity index (χ3v) is 4.51. The minimum atomic E-state index is -1.66. The van der Waals surface area contributed by atoms with Crippen molar-refractivity contribution >= 4 is 35.9 Å². The molecule has 190 valence electrons. The van der Waals surface area contributed by atoms with Gasteiger partial charge in [-0.1, -0.05) is 0 Å². The highest BCUT2D eigenvalue weighted by atomic mass is 16.7. The van der Waals surface area contributed by atoms with E-state index in [-0.39, 0.29) is 11.3 Å². The third-order valence-electron chi connectivity index (χ3n) is 4.51. The van der Waals surface area contributed by atoms with E-state index in [1.807, 2.05) is 0 Å². The molecule has 0 bridgehead atoms. The first-order valence-corrected chi connectivity index (χ1v) is 10.1. The van der Waals surface area contributed by atoms with Crippen LogP contribution < -0.4 is 4.74 Å². The maximum Gasteiger partial charge on any atom is 0.311 e. The lowest BCUT2D eigenvalue weighted by molar-refractivity contribution is -0.387. The molecule has 0 aliphatic carbocycles. The molecule has 0 amide bonds. The minimum absolute atomic E-state index is 0.00871. The Morgan fingerprint density at radius 2 is 1.51 bits per heavy atom. The van der Waals surface area contributed by atoms with E-state index >= 15 is 0 Å². The quantitative estimate of drug-likeness (QED) is 0.154. The summed E-state index contributed by atoms with van der Waals surface area (Å²) in [7, 11) is 0. The van der Waals surface area contributed by atoms with Gasteiger partial charge in [-0.3, -0.25) is 34.1 Å². The molecule has 0 N–H and O–H groups in total. The molecule has 1 heterocycles. The smallest absolute Gasteiger partial charge is 0.311 e. The van der Waals surface area contributed by atoms with E-state index in [1.54, 1.807) is 0 Å². The van der Waals surface area contributed by atoms with Crippen LogP contribution in [0.5, 0.6) is 5.75 Å². The maximum atomic E-state index is 11.8. The first kappa shape index (κ1) is 27.2. The highest BCUT2D eigenvalue weighted by molar-refractivity contribution is 5.77. The molecule has 1 aromatic carbocycles. The molecule has 14 heteroatoms. The second-order valence-electron chi connectivity index (χ2n) is 7.29. The molecule has 0 aromatic heterocycles. The van der Waals surface area contributed by atoms with Gasteiger partial charge < -0.3 is 28.4 Å². The van der Waals surface area contributed by atoms with Crippen molar-refractivity contribution in [1.29, 1.82) is 0 Å². The van der Waals surface area contributed by atoms with Gasteiger partial charge in [0.2, 0.25) is 12.4 Å². The summed E-state index contributed by atoms with van der Waals surface area (Å²) in [6.07, 6.45) is -7.04. The molecule has 0 radical (unpaired) electrons. The SMILES string of the molecule is CC(=O)OC[C@H]1O[C@H](Oc2ccc(C=O)cc2[N+](=O)[O-])[C@@H](OC(C)=O)[C@@H](OC(C)=O)[C@@H]1OC(C)=O. The van der Waals surface area contributed by atoms with Gasteiger partial charge in [0.25, 0.3) is 0 Å². The van der Waals surface area contributed by atoms with Crippen molar-refractivity contribution in [3.05, 3.63) is 33.9 Å². The van der Waals surface area contributed by atoms with Gasteiger partial charge in [0, 0.05) is 39.3 Å². The highest BCUT2D eigenvalue weighted by Crippen LogP contribution is 2.34. The largest absolute Gasteiger partial charge is 0.463 e. The number of esters is 4. The van der Waals surface area contributed by atoms with Crippen molar-refractivity contribution in [1.82, 2.24) is 0 Å². The number of nitro benzene ring substituents is 1. The lowest BCUT2D eigenvalue weighted by Crippen LogP contribution is -2.63. The molecule has 0 unspecified atom stereocenters. The molecule has 1 aromatic rings. The Morgan fingerprint density at radius 1 is 0.943 bits per heavy atom. The summed E-state index contributed by atoms with van der Waals surface area (Å²) in [6, 6.07) is 3.31. The fourth-order valence-corrected chi connectivity index (χ4v) is 3.26. The standard InChI is InChI=1S/C21H23NO13/c1-10(24)30-9-17-18(31-11(2)25)19(32-12(3)26)20(33-13(4)27)21(35-17)34-16-6-5-14(8-23)7-15(16)22(28)29/h5-8,17-21H,9H2,1-4H3/t17-,18-,19+,20+,21+/m1/s1. The third kappa shape index (κ3) is 7.46. The van der Waals surface area contributed by atoms with Crippen molar-refractivity contribution in [3.63, 3.8) is 0 Å². The maximum absolute atomic E-state index is 11.8.